The number of ether oxygens (including phenoxy) is 3. The summed E-state index contributed by atoms with van der Waals surface area (Å²) in [6.45, 7) is 0.626. The van der Waals surface area contributed by atoms with Gasteiger partial charge in [0.2, 0.25) is 0 Å². The van der Waals surface area contributed by atoms with Crippen LogP contribution >= 0.6 is 0 Å². The molecule has 1 aliphatic rings. The summed E-state index contributed by atoms with van der Waals surface area (Å²) in [7, 11) is 4.80. The maximum atomic E-state index is 12.3. The van der Waals surface area contributed by atoms with Crippen LogP contribution < -0.4 is 24.8 Å². The van der Waals surface area contributed by atoms with Crippen molar-refractivity contribution in [1.29, 1.82) is 0 Å². The molecule has 0 fully saturated rings. The van der Waals surface area contributed by atoms with Crippen molar-refractivity contribution in [1.82, 2.24) is 10.2 Å². The van der Waals surface area contributed by atoms with Crippen LogP contribution in [0, 0.1) is 0 Å². The topological polar surface area (TPSA) is 89.1 Å². The zero-order chi connectivity index (χ0) is 20.1. The van der Waals surface area contributed by atoms with Crippen molar-refractivity contribution < 1.29 is 23.8 Å². The summed E-state index contributed by atoms with van der Waals surface area (Å²) in [4.78, 5) is 26.0. The van der Waals surface area contributed by atoms with Gasteiger partial charge < -0.3 is 29.7 Å². The van der Waals surface area contributed by atoms with Crippen molar-refractivity contribution in [3.05, 3.63) is 48.0 Å². The first kappa shape index (κ1) is 19.3. The molecule has 3 amide bonds. The van der Waals surface area contributed by atoms with Gasteiger partial charge in [-0.25, -0.2) is 4.79 Å². The smallest absolute Gasteiger partial charge is 0.319 e. The standard InChI is InChI=1S/C20H23N3O5/c1-23(2)19(24)15-10-13(8-9-16(15)26-3)22-20(25)21-11-14-12-27-17-6-4-5-7-18(17)28-14/h4-10,14H,11-12H2,1-3H3,(H2,21,22,25). The third kappa shape index (κ3) is 4.46. The highest BCUT2D eigenvalue weighted by Crippen LogP contribution is 2.30. The summed E-state index contributed by atoms with van der Waals surface area (Å²) in [5.41, 5.74) is 0.848. The minimum absolute atomic E-state index is 0.215. The predicted molar refractivity (Wildman–Crippen MR) is 104 cm³/mol. The van der Waals surface area contributed by atoms with Gasteiger partial charge in [0.05, 0.1) is 19.2 Å². The number of carbonyl (C=O) groups excluding carboxylic acids is 2. The molecule has 8 heteroatoms. The lowest BCUT2D eigenvalue weighted by Gasteiger charge is -2.26. The Morgan fingerprint density at radius 1 is 1.18 bits per heavy atom. The van der Waals surface area contributed by atoms with Crippen molar-refractivity contribution in [2.45, 2.75) is 6.10 Å². The average Bonchev–Trinajstić information content (AvgIpc) is 2.71. The Morgan fingerprint density at radius 2 is 1.93 bits per heavy atom. The van der Waals surface area contributed by atoms with Crippen LogP contribution in [0.2, 0.25) is 0 Å². The average molecular weight is 385 g/mol. The van der Waals surface area contributed by atoms with Gasteiger partial charge in [-0.05, 0) is 30.3 Å². The zero-order valence-corrected chi connectivity index (χ0v) is 16.0. The van der Waals surface area contributed by atoms with Crippen LogP contribution in [-0.4, -0.2) is 57.3 Å². The lowest BCUT2D eigenvalue weighted by Crippen LogP contribution is -2.42. The third-order valence-electron chi connectivity index (χ3n) is 4.15. The van der Waals surface area contributed by atoms with Gasteiger partial charge in [-0.15, -0.1) is 0 Å². The van der Waals surface area contributed by atoms with Gasteiger partial charge in [0.1, 0.15) is 12.4 Å². The number of amides is 3. The van der Waals surface area contributed by atoms with Gasteiger partial charge in [-0.3, -0.25) is 4.79 Å². The van der Waals surface area contributed by atoms with Gasteiger partial charge in [0, 0.05) is 19.8 Å². The maximum absolute atomic E-state index is 12.3. The van der Waals surface area contributed by atoms with Crippen LogP contribution in [0.4, 0.5) is 10.5 Å². The summed E-state index contributed by atoms with van der Waals surface area (Å²) in [6, 6.07) is 11.9. The summed E-state index contributed by atoms with van der Waals surface area (Å²) in [6.07, 6.45) is -0.289. The summed E-state index contributed by atoms with van der Waals surface area (Å²) in [5, 5.41) is 5.46. The quantitative estimate of drug-likeness (QED) is 0.825. The van der Waals surface area contributed by atoms with Crippen LogP contribution in [0.1, 0.15) is 10.4 Å². The third-order valence-corrected chi connectivity index (χ3v) is 4.15. The second-order valence-electron chi connectivity index (χ2n) is 6.45. The predicted octanol–water partition coefficient (Wildman–Crippen LogP) is 2.36. The van der Waals surface area contributed by atoms with E-state index in [0.29, 0.717) is 35.1 Å². The van der Waals surface area contributed by atoms with Crippen LogP contribution in [-0.2, 0) is 0 Å². The molecule has 0 saturated carbocycles. The Kier molecular flexibility index (Phi) is 5.88. The molecular weight excluding hydrogens is 362 g/mol. The Hall–Kier alpha value is -3.42. The van der Waals surface area contributed by atoms with Crippen LogP contribution in [0.3, 0.4) is 0 Å². The number of carbonyl (C=O) groups is 2. The first-order valence-electron chi connectivity index (χ1n) is 8.81. The highest BCUT2D eigenvalue weighted by molar-refractivity contribution is 5.99. The molecule has 1 unspecified atom stereocenters. The van der Waals surface area contributed by atoms with Crippen molar-refractivity contribution in [2.75, 3.05) is 39.7 Å². The summed E-state index contributed by atoms with van der Waals surface area (Å²) >= 11 is 0. The number of hydrogen-bond acceptors (Lipinski definition) is 5. The van der Waals surface area contributed by atoms with E-state index in [1.165, 1.54) is 12.0 Å². The van der Waals surface area contributed by atoms with Gasteiger partial charge in [0.15, 0.2) is 17.6 Å². The number of rotatable bonds is 5. The van der Waals surface area contributed by atoms with Crippen LogP contribution in [0.25, 0.3) is 0 Å². The number of urea groups is 1. The Morgan fingerprint density at radius 3 is 2.64 bits per heavy atom. The highest BCUT2D eigenvalue weighted by atomic mass is 16.6. The Labute approximate surface area is 163 Å². The van der Waals surface area contributed by atoms with E-state index in [1.54, 1.807) is 32.3 Å². The minimum atomic E-state index is -0.407. The van der Waals surface area contributed by atoms with Crippen molar-refractivity contribution in [3.63, 3.8) is 0 Å². The van der Waals surface area contributed by atoms with E-state index in [2.05, 4.69) is 10.6 Å². The van der Waals surface area contributed by atoms with E-state index < -0.39 is 6.03 Å². The van der Waals surface area contributed by atoms with E-state index in [0.717, 1.165) is 0 Å². The SMILES string of the molecule is COc1ccc(NC(=O)NCC2COc3ccccc3O2)cc1C(=O)N(C)C. The van der Waals surface area contributed by atoms with Gasteiger partial charge in [-0.2, -0.15) is 0 Å². The molecular formula is C20H23N3O5. The lowest BCUT2D eigenvalue weighted by molar-refractivity contribution is 0.0824. The van der Waals surface area contributed by atoms with Crippen molar-refractivity contribution in [3.8, 4) is 17.2 Å². The molecule has 28 heavy (non-hydrogen) atoms. The monoisotopic (exact) mass is 385 g/mol. The molecule has 8 nitrogen and oxygen atoms in total. The first-order chi connectivity index (χ1) is 13.5. The molecule has 0 radical (unpaired) electrons. The fourth-order valence-electron chi connectivity index (χ4n) is 2.74. The van der Waals surface area contributed by atoms with E-state index in [4.69, 9.17) is 14.2 Å². The molecule has 148 valence electrons. The summed E-state index contributed by atoms with van der Waals surface area (Å²) in [5.74, 6) is 1.57. The molecule has 1 aliphatic heterocycles. The maximum Gasteiger partial charge on any atom is 0.319 e. The molecule has 1 heterocycles. The van der Waals surface area contributed by atoms with Crippen molar-refractivity contribution >= 4 is 17.6 Å². The molecule has 0 bridgehead atoms. The molecule has 0 aromatic heterocycles. The molecule has 0 saturated heterocycles. The minimum Gasteiger partial charge on any atom is -0.496 e. The number of para-hydroxylation sites is 2. The number of fused-ring (bicyclic) bond motifs is 1. The van der Waals surface area contributed by atoms with E-state index in [-0.39, 0.29) is 18.6 Å². The van der Waals surface area contributed by atoms with Crippen molar-refractivity contribution in [2.24, 2.45) is 0 Å². The largest absolute Gasteiger partial charge is 0.496 e. The number of anilines is 1. The molecule has 2 N–H and O–H groups in total. The number of nitrogens with one attached hydrogen (secondary N) is 2. The van der Waals surface area contributed by atoms with Gasteiger partial charge in [0.25, 0.3) is 5.91 Å². The lowest BCUT2D eigenvalue weighted by atomic mass is 10.1. The van der Waals surface area contributed by atoms with E-state index >= 15 is 0 Å². The van der Waals surface area contributed by atoms with E-state index in [1.807, 2.05) is 24.3 Å². The number of nitrogens with zero attached hydrogens (tertiary/aromatic N) is 1. The molecule has 1 atom stereocenters. The number of methoxy groups -OCH3 is 1. The molecule has 0 spiro atoms. The fraction of sp³-hybridized carbons (Fsp3) is 0.300. The van der Waals surface area contributed by atoms with Gasteiger partial charge in [-0.1, -0.05) is 12.1 Å². The summed E-state index contributed by atoms with van der Waals surface area (Å²) < 4.78 is 16.7. The second kappa shape index (κ2) is 8.51. The molecule has 2 aromatic rings. The van der Waals surface area contributed by atoms with Gasteiger partial charge >= 0.3 is 6.03 Å². The fourth-order valence-corrected chi connectivity index (χ4v) is 2.74. The second-order valence-corrected chi connectivity index (χ2v) is 6.45. The highest BCUT2D eigenvalue weighted by Gasteiger charge is 2.21. The van der Waals surface area contributed by atoms with E-state index in [9.17, 15) is 9.59 Å². The Bertz CT molecular complexity index is 869. The first-order valence-corrected chi connectivity index (χ1v) is 8.81. The van der Waals surface area contributed by atoms with Crippen LogP contribution in [0.15, 0.2) is 42.5 Å². The number of benzene rings is 2. The molecule has 3 rings (SSSR count). The Balaban J connectivity index is 1.58. The van der Waals surface area contributed by atoms with Crippen LogP contribution in [0.5, 0.6) is 17.2 Å². The molecule has 0 aliphatic carbocycles. The zero-order valence-electron chi connectivity index (χ0n) is 16.0. The normalized spacial score (nSPS) is 14.8. The molecule has 2 aromatic carbocycles. The number of hydrogen-bond donors (Lipinski definition) is 2.